The van der Waals surface area contributed by atoms with Gasteiger partial charge in [0.25, 0.3) is 5.91 Å². The van der Waals surface area contributed by atoms with Crippen LogP contribution in [0.15, 0.2) is 53.1 Å². The van der Waals surface area contributed by atoms with Gasteiger partial charge in [-0.05, 0) is 103 Å². The van der Waals surface area contributed by atoms with E-state index in [0.717, 1.165) is 43.3 Å². The highest BCUT2D eigenvalue weighted by Crippen LogP contribution is 2.44. The summed E-state index contributed by atoms with van der Waals surface area (Å²) in [7, 11) is 0. The lowest BCUT2D eigenvalue weighted by atomic mass is 9.82. The number of carbonyl (C=O) groups is 1. The van der Waals surface area contributed by atoms with Gasteiger partial charge in [0.05, 0.1) is 60.0 Å². The highest BCUT2D eigenvalue weighted by molar-refractivity contribution is 5.98. The van der Waals surface area contributed by atoms with E-state index in [4.69, 9.17) is 30.4 Å². The van der Waals surface area contributed by atoms with Gasteiger partial charge >= 0.3 is 0 Å². The Kier molecular flexibility index (Phi) is 14.5. The van der Waals surface area contributed by atoms with Crippen molar-refractivity contribution in [3.8, 4) is 0 Å². The van der Waals surface area contributed by atoms with Gasteiger partial charge < -0.3 is 45.7 Å². The Morgan fingerprint density at radius 1 is 1.02 bits per heavy atom. The van der Waals surface area contributed by atoms with Gasteiger partial charge in [0.15, 0.2) is 5.96 Å². The zero-order valence-corrected chi connectivity index (χ0v) is 30.8. The Balaban J connectivity index is 1.33. The first kappa shape index (κ1) is 40.4. The van der Waals surface area contributed by atoms with E-state index in [9.17, 15) is 20.1 Å². The highest BCUT2D eigenvalue weighted by Gasteiger charge is 2.53. The summed E-state index contributed by atoms with van der Waals surface area (Å²) in [5.74, 6) is -0.375. The number of carbonyl (C=O) groups excluding carboxylic acids is 1. The van der Waals surface area contributed by atoms with Gasteiger partial charge in [0.2, 0.25) is 0 Å². The molecule has 4 rings (SSSR count). The molecule has 0 saturated carbocycles. The Hall–Kier alpha value is -2.38. The Bertz CT molecular complexity index is 1280. The fourth-order valence-corrected chi connectivity index (χ4v) is 8.01. The minimum absolute atomic E-state index is 0.0296. The number of hydrogen-bond acceptors (Lipinski definition) is 8. The molecule has 0 aromatic rings. The van der Waals surface area contributed by atoms with Crippen LogP contribution < -0.4 is 11.5 Å². The first-order chi connectivity index (χ1) is 23.6. The second-order valence-electron chi connectivity index (χ2n) is 15.5. The number of ether oxygens (including phenoxy) is 4. The van der Waals surface area contributed by atoms with Crippen LogP contribution >= 0.6 is 0 Å². The third-order valence-electron chi connectivity index (χ3n) is 11.4. The predicted molar refractivity (Wildman–Crippen MR) is 194 cm³/mol. The Morgan fingerprint density at radius 2 is 1.74 bits per heavy atom. The van der Waals surface area contributed by atoms with Crippen molar-refractivity contribution in [1.82, 2.24) is 0 Å². The largest absolute Gasteiger partial charge is 0.390 e. The molecule has 4 fully saturated rings. The quantitative estimate of drug-likeness (QED) is 0.0831. The molecule has 11 heteroatoms. The number of guanidine groups is 1. The van der Waals surface area contributed by atoms with Gasteiger partial charge in [-0.2, -0.15) is 4.99 Å². The molecule has 0 radical (unpaired) electrons. The average Bonchev–Trinajstić information content (AvgIpc) is 3.25. The second-order valence-corrected chi connectivity index (χ2v) is 15.5. The normalized spacial score (nSPS) is 39.1. The minimum Gasteiger partial charge on any atom is -0.390 e. The van der Waals surface area contributed by atoms with Crippen molar-refractivity contribution >= 4 is 11.9 Å². The van der Waals surface area contributed by atoms with Crippen LogP contribution in [-0.4, -0.2) is 93.3 Å². The van der Waals surface area contributed by atoms with Crippen molar-refractivity contribution in [2.45, 2.75) is 178 Å². The van der Waals surface area contributed by atoms with Crippen molar-refractivity contribution in [2.75, 3.05) is 0 Å². The topological polar surface area (TPSA) is 179 Å². The van der Waals surface area contributed by atoms with E-state index >= 15 is 0 Å². The van der Waals surface area contributed by atoms with Crippen LogP contribution in [0, 0.1) is 5.92 Å². The maximum atomic E-state index is 11.9. The molecule has 12 unspecified atom stereocenters. The van der Waals surface area contributed by atoms with Crippen LogP contribution in [-0.2, 0) is 23.7 Å². The average molecular weight is 702 g/mol. The fourth-order valence-electron chi connectivity index (χ4n) is 8.01. The maximum absolute atomic E-state index is 11.9. The lowest BCUT2D eigenvalue weighted by Crippen LogP contribution is -2.59. The molecule has 12 atom stereocenters. The summed E-state index contributed by atoms with van der Waals surface area (Å²) >= 11 is 0. The summed E-state index contributed by atoms with van der Waals surface area (Å²) in [5, 5.41) is 34.0. The zero-order valence-electron chi connectivity index (χ0n) is 30.8. The van der Waals surface area contributed by atoms with Crippen molar-refractivity contribution in [3.63, 3.8) is 0 Å². The molecule has 0 spiro atoms. The first-order valence-electron chi connectivity index (χ1n) is 18.6. The number of nitrogens with two attached hydrogens (primary N) is 2. The molecule has 11 nitrogen and oxygen atoms in total. The smallest absolute Gasteiger partial charge is 0.273 e. The van der Waals surface area contributed by atoms with Crippen molar-refractivity contribution in [1.29, 1.82) is 0 Å². The molecule has 50 heavy (non-hydrogen) atoms. The third kappa shape index (κ3) is 10.8. The standard InChI is InChI=1S/C39H63N3O8/c1-7-8-9-10-14-33-38(5,46)19-17-31-32(48-33)18-20-39(6)34(49-31)23-29(44)36(50-39)28(43)22-27-16-15-25(3)30(47-27)13-11-12-24(2)26(4)21-35(45)42-37(40)41/h7-9,12,21,25,27-34,36,43-44,46H,1,10-11,13-20,22-23H2,2-6H3,(H4,40,41,42,45)/b9-8-,24-12+,26-21+. The van der Waals surface area contributed by atoms with E-state index in [1.807, 2.05) is 39.8 Å². The summed E-state index contributed by atoms with van der Waals surface area (Å²) in [6.07, 6.45) is 13.7. The number of fused-ring (bicyclic) bond motifs is 2. The van der Waals surface area contributed by atoms with Crippen LogP contribution in [0.5, 0.6) is 0 Å². The lowest BCUT2D eigenvalue weighted by molar-refractivity contribution is -0.261. The minimum atomic E-state index is -0.958. The Labute approximate surface area is 298 Å². The molecule has 4 saturated heterocycles. The van der Waals surface area contributed by atoms with E-state index < -0.39 is 35.4 Å². The molecule has 7 N–H and O–H groups in total. The molecule has 0 aliphatic carbocycles. The van der Waals surface area contributed by atoms with Crippen LogP contribution in [0.3, 0.4) is 0 Å². The number of hydrogen-bond donors (Lipinski definition) is 5. The molecule has 4 aliphatic heterocycles. The number of nitrogens with zero attached hydrogens (tertiary/aromatic N) is 1. The number of aliphatic hydroxyl groups is 3. The summed E-state index contributed by atoms with van der Waals surface area (Å²) in [6, 6.07) is 0. The molecule has 0 bridgehead atoms. The molecule has 0 aromatic heterocycles. The van der Waals surface area contributed by atoms with Crippen LogP contribution in [0.25, 0.3) is 0 Å². The van der Waals surface area contributed by atoms with Gasteiger partial charge in [-0.1, -0.05) is 43.4 Å². The number of allylic oxidation sites excluding steroid dienone is 6. The summed E-state index contributed by atoms with van der Waals surface area (Å²) in [5.41, 5.74) is 10.7. The second kappa shape index (κ2) is 17.9. The third-order valence-corrected chi connectivity index (χ3v) is 11.4. The van der Waals surface area contributed by atoms with Crippen molar-refractivity contribution < 1.29 is 39.1 Å². The predicted octanol–water partition coefficient (Wildman–Crippen LogP) is 4.67. The molecule has 4 heterocycles. The zero-order chi connectivity index (χ0) is 36.6. The van der Waals surface area contributed by atoms with Crippen molar-refractivity contribution in [3.05, 3.63) is 48.1 Å². The highest BCUT2D eigenvalue weighted by atomic mass is 16.6. The van der Waals surface area contributed by atoms with Gasteiger partial charge in [-0.3, -0.25) is 4.79 Å². The monoisotopic (exact) mass is 701 g/mol. The molecule has 0 aromatic carbocycles. The molecular weight excluding hydrogens is 638 g/mol. The van der Waals surface area contributed by atoms with Crippen LogP contribution in [0.1, 0.15) is 112 Å². The van der Waals surface area contributed by atoms with Gasteiger partial charge in [-0.25, -0.2) is 0 Å². The Morgan fingerprint density at radius 3 is 2.46 bits per heavy atom. The van der Waals surface area contributed by atoms with Crippen LogP contribution in [0.2, 0.25) is 0 Å². The maximum Gasteiger partial charge on any atom is 0.273 e. The van der Waals surface area contributed by atoms with Gasteiger partial charge in [-0.15, -0.1) is 0 Å². The van der Waals surface area contributed by atoms with Crippen LogP contribution in [0.4, 0.5) is 0 Å². The summed E-state index contributed by atoms with van der Waals surface area (Å²) in [4.78, 5) is 15.4. The van der Waals surface area contributed by atoms with E-state index in [-0.39, 0.29) is 42.6 Å². The molecule has 4 aliphatic rings. The lowest BCUT2D eigenvalue weighted by Gasteiger charge is -2.48. The number of rotatable bonds is 12. The van der Waals surface area contributed by atoms with Crippen molar-refractivity contribution in [2.24, 2.45) is 22.4 Å². The number of aliphatic hydroxyl groups excluding tert-OH is 2. The fraction of sp³-hybridized carbons (Fsp3) is 0.744. The number of aliphatic imine (C=N–C) groups is 1. The van der Waals surface area contributed by atoms with Gasteiger partial charge in [0, 0.05) is 18.9 Å². The molecular formula is C39H63N3O8. The van der Waals surface area contributed by atoms with E-state index in [1.54, 1.807) is 6.08 Å². The molecule has 282 valence electrons. The van der Waals surface area contributed by atoms with E-state index in [2.05, 4.69) is 24.6 Å². The van der Waals surface area contributed by atoms with E-state index in [1.165, 1.54) is 6.08 Å². The summed E-state index contributed by atoms with van der Waals surface area (Å²) in [6.45, 7) is 13.6. The van der Waals surface area contributed by atoms with E-state index in [0.29, 0.717) is 50.9 Å². The first-order valence-corrected chi connectivity index (χ1v) is 18.6. The SMILES string of the molecule is C=C/C=C\CCC1OC2CCC3(C)OC(C(O)CC4CCC(C)C(CC/C=C(C)/C(C)=C/C(=O)N=C(N)N)O4)C(O)CC3OC2CCC1(C)O. The summed E-state index contributed by atoms with van der Waals surface area (Å²) < 4.78 is 26.4. The van der Waals surface area contributed by atoms with Gasteiger partial charge in [0.1, 0.15) is 6.10 Å². The molecule has 1 amide bonds. The number of amides is 1.